The van der Waals surface area contributed by atoms with Crippen LogP contribution in [0.4, 0.5) is 0 Å². The van der Waals surface area contributed by atoms with E-state index < -0.39 is 6.10 Å². The molecule has 0 aliphatic heterocycles. The zero-order chi connectivity index (χ0) is 20.8. The van der Waals surface area contributed by atoms with Crippen molar-refractivity contribution in [3.63, 3.8) is 0 Å². The van der Waals surface area contributed by atoms with Crippen LogP contribution in [0.1, 0.15) is 43.0 Å². The fourth-order valence-electron chi connectivity index (χ4n) is 3.01. The summed E-state index contributed by atoms with van der Waals surface area (Å²) in [5.74, 6) is 1.72. The highest BCUT2D eigenvalue weighted by Gasteiger charge is 2.21. The number of methoxy groups -OCH3 is 2. The van der Waals surface area contributed by atoms with E-state index in [2.05, 4.69) is 5.32 Å². The molecule has 0 saturated carbocycles. The molecule has 1 amide bonds. The van der Waals surface area contributed by atoms with Gasteiger partial charge in [0.2, 0.25) is 0 Å². The van der Waals surface area contributed by atoms with Crippen LogP contribution < -0.4 is 19.5 Å². The number of carbonyl (C=O) groups is 1. The van der Waals surface area contributed by atoms with Crippen LogP contribution in [-0.2, 0) is 4.79 Å². The van der Waals surface area contributed by atoms with Gasteiger partial charge in [0.25, 0.3) is 5.91 Å². The van der Waals surface area contributed by atoms with Gasteiger partial charge >= 0.3 is 0 Å². The molecule has 0 spiro atoms. The van der Waals surface area contributed by atoms with E-state index in [0.717, 1.165) is 23.1 Å². The summed E-state index contributed by atoms with van der Waals surface area (Å²) in [5.41, 5.74) is 2.78. The molecule has 2 aromatic rings. The van der Waals surface area contributed by atoms with E-state index in [1.165, 1.54) is 0 Å². The van der Waals surface area contributed by atoms with Gasteiger partial charge in [0.05, 0.1) is 20.3 Å². The Balaban J connectivity index is 2.11. The normalized spacial score (nSPS) is 12.8. The van der Waals surface area contributed by atoms with Gasteiger partial charge < -0.3 is 19.5 Å². The molecule has 5 nitrogen and oxygen atoms in total. The standard InChI is InChI=1S/C22H28ClNO4/c1-7-18(16-8-9-19(26-5)20(12-16)27-6)24-22(25)15(4)28-17-10-13(2)21(23)14(3)11-17/h8-12,15,18H,7H2,1-6H3,(H,24,25)/t15-,18-/m1/s1. The van der Waals surface area contributed by atoms with Gasteiger partial charge in [-0.1, -0.05) is 24.6 Å². The zero-order valence-electron chi connectivity index (χ0n) is 17.3. The van der Waals surface area contributed by atoms with E-state index in [-0.39, 0.29) is 11.9 Å². The van der Waals surface area contributed by atoms with Crippen molar-refractivity contribution in [1.29, 1.82) is 0 Å². The van der Waals surface area contributed by atoms with Crippen molar-refractivity contribution in [2.75, 3.05) is 14.2 Å². The Labute approximate surface area is 171 Å². The Morgan fingerprint density at radius 1 is 1.07 bits per heavy atom. The molecule has 2 aromatic carbocycles. The van der Waals surface area contributed by atoms with Crippen molar-refractivity contribution >= 4 is 17.5 Å². The Morgan fingerprint density at radius 2 is 1.68 bits per heavy atom. The minimum absolute atomic E-state index is 0.160. The smallest absolute Gasteiger partial charge is 0.261 e. The van der Waals surface area contributed by atoms with Gasteiger partial charge in [0.15, 0.2) is 17.6 Å². The summed E-state index contributed by atoms with van der Waals surface area (Å²) in [5, 5.41) is 3.76. The summed E-state index contributed by atoms with van der Waals surface area (Å²) >= 11 is 6.20. The van der Waals surface area contributed by atoms with E-state index in [0.29, 0.717) is 22.3 Å². The van der Waals surface area contributed by atoms with E-state index in [4.69, 9.17) is 25.8 Å². The third-order valence-corrected chi connectivity index (χ3v) is 5.22. The van der Waals surface area contributed by atoms with Gasteiger partial charge in [0.1, 0.15) is 5.75 Å². The van der Waals surface area contributed by atoms with E-state index in [1.54, 1.807) is 21.1 Å². The summed E-state index contributed by atoms with van der Waals surface area (Å²) in [7, 11) is 3.18. The van der Waals surface area contributed by atoms with Gasteiger partial charge in [-0.05, 0) is 68.1 Å². The predicted octanol–water partition coefficient (Wildman–Crippen LogP) is 5.01. The van der Waals surface area contributed by atoms with Crippen molar-refractivity contribution in [2.45, 2.75) is 46.3 Å². The molecule has 1 N–H and O–H groups in total. The SMILES string of the molecule is CC[C@@H](NC(=O)[C@@H](C)Oc1cc(C)c(Cl)c(C)c1)c1ccc(OC)c(OC)c1. The lowest BCUT2D eigenvalue weighted by molar-refractivity contribution is -0.128. The van der Waals surface area contributed by atoms with Gasteiger partial charge in [0, 0.05) is 5.02 Å². The molecule has 0 aliphatic rings. The highest BCUT2D eigenvalue weighted by atomic mass is 35.5. The van der Waals surface area contributed by atoms with Crippen molar-refractivity contribution in [3.8, 4) is 17.2 Å². The van der Waals surface area contributed by atoms with Crippen LogP contribution in [0.15, 0.2) is 30.3 Å². The molecule has 0 fully saturated rings. The Kier molecular flexibility index (Phi) is 7.58. The molecule has 0 aromatic heterocycles. The Hall–Kier alpha value is -2.40. The maximum atomic E-state index is 12.7. The van der Waals surface area contributed by atoms with Crippen LogP contribution in [0.25, 0.3) is 0 Å². The summed E-state index contributed by atoms with van der Waals surface area (Å²) in [6.07, 6.45) is 0.0850. The third kappa shape index (κ3) is 5.10. The number of rotatable bonds is 8. The van der Waals surface area contributed by atoms with Crippen LogP contribution in [0.2, 0.25) is 5.02 Å². The van der Waals surface area contributed by atoms with Crippen LogP contribution in [0, 0.1) is 13.8 Å². The molecule has 0 bridgehead atoms. The second kappa shape index (κ2) is 9.69. The van der Waals surface area contributed by atoms with Crippen molar-refractivity contribution in [3.05, 3.63) is 52.0 Å². The summed E-state index contributed by atoms with van der Waals surface area (Å²) < 4.78 is 16.5. The number of hydrogen-bond acceptors (Lipinski definition) is 4. The monoisotopic (exact) mass is 405 g/mol. The van der Waals surface area contributed by atoms with Crippen molar-refractivity contribution < 1.29 is 19.0 Å². The van der Waals surface area contributed by atoms with Crippen LogP contribution >= 0.6 is 11.6 Å². The summed E-state index contributed by atoms with van der Waals surface area (Å²) in [4.78, 5) is 12.7. The van der Waals surface area contributed by atoms with Gasteiger partial charge in [-0.25, -0.2) is 0 Å². The molecule has 2 rings (SSSR count). The molecule has 152 valence electrons. The number of amides is 1. The molecule has 6 heteroatoms. The zero-order valence-corrected chi connectivity index (χ0v) is 18.0. The van der Waals surface area contributed by atoms with Gasteiger partial charge in [-0.15, -0.1) is 0 Å². The maximum Gasteiger partial charge on any atom is 0.261 e. The lowest BCUT2D eigenvalue weighted by atomic mass is 10.0. The fourth-order valence-corrected chi connectivity index (χ4v) is 3.12. The van der Waals surface area contributed by atoms with Crippen LogP contribution in [0.5, 0.6) is 17.2 Å². The molecular formula is C22H28ClNO4. The maximum absolute atomic E-state index is 12.7. The molecule has 2 atom stereocenters. The van der Waals surface area contributed by atoms with Crippen molar-refractivity contribution in [2.24, 2.45) is 0 Å². The average molecular weight is 406 g/mol. The molecule has 0 radical (unpaired) electrons. The number of halogens is 1. The van der Waals surface area contributed by atoms with Crippen LogP contribution in [-0.4, -0.2) is 26.2 Å². The number of ether oxygens (including phenoxy) is 3. The first kappa shape index (κ1) is 21.9. The molecule has 0 unspecified atom stereocenters. The third-order valence-electron chi connectivity index (χ3n) is 4.63. The van der Waals surface area contributed by atoms with Crippen molar-refractivity contribution in [1.82, 2.24) is 5.32 Å². The largest absolute Gasteiger partial charge is 0.493 e. The topological polar surface area (TPSA) is 56.8 Å². The molecule has 0 saturated heterocycles. The lowest BCUT2D eigenvalue weighted by Gasteiger charge is -2.22. The van der Waals surface area contributed by atoms with E-state index >= 15 is 0 Å². The van der Waals surface area contributed by atoms with Gasteiger partial charge in [-0.3, -0.25) is 4.79 Å². The molecule has 28 heavy (non-hydrogen) atoms. The Bertz CT molecular complexity index is 814. The first-order valence-electron chi connectivity index (χ1n) is 9.26. The molecule has 0 heterocycles. The van der Waals surface area contributed by atoms with E-state index in [1.807, 2.05) is 51.1 Å². The number of hydrogen-bond donors (Lipinski definition) is 1. The number of benzene rings is 2. The number of carbonyl (C=O) groups excluding carboxylic acids is 1. The van der Waals surface area contributed by atoms with Crippen LogP contribution in [0.3, 0.4) is 0 Å². The average Bonchev–Trinajstić information content (AvgIpc) is 2.69. The highest BCUT2D eigenvalue weighted by Crippen LogP contribution is 2.31. The Morgan fingerprint density at radius 3 is 2.21 bits per heavy atom. The minimum atomic E-state index is -0.644. The first-order valence-corrected chi connectivity index (χ1v) is 9.64. The van der Waals surface area contributed by atoms with E-state index in [9.17, 15) is 4.79 Å². The fraction of sp³-hybridized carbons (Fsp3) is 0.409. The first-order chi connectivity index (χ1) is 13.3. The number of nitrogens with one attached hydrogen (secondary N) is 1. The second-order valence-corrected chi connectivity index (χ2v) is 7.09. The second-order valence-electron chi connectivity index (χ2n) is 6.71. The quantitative estimate of drug-likeness (QED) is 0.670. The molecular weight excluding hydrogens is 378 g/mol. The summed E-state index contributed by atoms with van der Waals surface area (Å²) in [6.45, 7) is 7.57. The van der Waals surface area contributed by atoms with Gasteiger partial charge in [-0.2, -0.15) is 0 Å². The lowest BCUT2D eigenvalue weighted by Crippen LogP contribution is -2.38. The minimum Gasteiger partial charge on any atom is -0.493 e. The molecule has 0 aliphatic carbocycles. The summed E-state index contributed by atoms with van der Waals surface area (Å²) in [6, 6.07) is 9.15. The predicted molar refractivity (Wildman–Crippen MR) is 112 cm³/mol. The highest BCUT2D eigenvalue weighted by molar-refractivity contribution is 6.32. The number of aryl methyl sites for hydroxylation is 2.